The summed E-state index contributed by atoms with van der Waals surface area (Å²) < 4.78 is 0. The first-order chi connectivity index (χ1) is 8.25. The van der Waals surface area contributed by atoms with Crippen molar-refractivity contribution < 1.29 is 0 Å². The van der Waals surface area contributed by atoms with Crippen LogP contribution >= 0.6 is 0 Å². The van der Waals surface area contributed by atoms with Crippen LogP contribution in [0.2, 0.25) is 0 Å². The third kappa shape index (κ3) is 1.98. The molecule has 2 fully saturated rings. The molecule has 4 unspecified atom stereocenters. The largest absolute Gasteiger partial charge is 0.326 e. The minimum Gasteiger partial charge on any atom is -0.326 e. The van der Waals surface area contributed by atoms with Crippen molar-refractivity contribution in [3.63, 3.8) is 0 Å². The first kappa shape index (κ1) is 11.2. The number of hydrogen-bond donors (Lipinski definition) is 1. The van der Waals surface area contributed by atoms with Gasteiger partial charge in [0.05, 0.1) is 6.04 Å². The van der Waals surface area contributed by atoms with Crippen LogP contribution in [0, 0.1) is 5.92 Å². The van der Waals surface area contributed by atoms with Crippen molar-refractivity contribution >= 4 is 0 Å². The van der Waals surface area contributed by atoms with Crippen molar-refractivity contribution in [2.75, 3.05) is 6.54 Å². The highest BCUT2D eigenvalue weighted by atomic mass is 15.2. The summed E-state index contributed by atoms with van der Waals surface area (Å²) in [5.41, 5.74) is 7.48. The number of aromatic nitrogens is 1. The van der Waals surface area contributed by atoms with Crippen molar-refractivity contribution in [3.8, 4) is 0 Å². The molecule has 0 aromatic carbocycles. The van der Waals surface area contributed by atoms with E-state index in [4.69, 9.17) is 5.73 Å². The standard InChI is InChI=1S/C14H21N3/c1-10(15)14(12-3-2-6-16-8-12)17-9-11-4-5-13(17)7-11/h2-3,6,8,10-11,13-14H,4-5,7,9,15H2,1H3. The molecule has 1 aliphatic heterocycles. The monoisotopic (exact) mass is 231 g/mol. The van der Waals surface area contributed by atoms with Crippen molar-refractivity contribution in [2.45, 2.75) is 44.3 Å². The zero-order chi connectivity index (χ0) is 11.8. The zero-order valence-electron chi connectivity index (χ0n) is 10.4. The van der Waals surface area contributed by atoms with Crippen LogP contribution in [0.4, 0.5) is 0 Å². The van der Waals surface area contributed by atoms with E-state index < -0.39 is 0 Å². The van der Waals surface area contributed by atoms with Crippen molar-refractivity contribution in [3.05, 3.63) is 30.1 Å². The minimum atomic E-state index is 0.165. The maximum Gasteiger partial charge on any atom is 0.0514 e. The van der Waals surface area contributed by atoms with E-state index in [0.29, 0.717) is 6.04 Å². The second kappa shape index (κ2) is 4.39. The molecule has 1 saturated heterocycles. The molecule has 2 aliphatic rings. The molecule has 17 heavy (non-hydrogen) atoms. The Morgan fingerprint density at radius 2 is 2.35 bits per heavy atom. The summed E-state index contributed by atoms with van der Waals surface area (Å²) >= 11 is 0. The van der Waals surface area contributed by atoms with Gasteiger partial charge in [-0.1, -0.05) is 6.07 Å². The fraction of sp³-hybridized carbons (Fsp3) is 0.643. The van der Waals surface area contributed by atoms with Crippen molar-refractivity contribution in [2.24, 2.45) is 11.7 Å². The number of nitrogens with zero attached hydrogens (tertiary/aromatic N) is 2. The van der Waals surface area contributed by atoms with E-state index in [2.05, 4.69) is 22.9 Å². The molecule has 0 spiro atoms. The highest BCUT2D eigenvalue weighted by Gasteiger charge is 2.42. The molecule has 2 N–H and O–H groups in total. The van der Waals surface area contributed by atoms with E-state index in [1.54, 1.807) is 0 Å². The zero-order valence-corrected chi connectivity index (χ0v) is 10.4. The second-order valence-corrected chi connectivity index (χ2v) is 5.62. The Balaban J connectivity index is 1.86. The van der Waals surface area contributed by atoms with Gasteiger partial charge in [-0.15, -0.1) is 0 Å². The summed E-state index contributed by atoms with van der Waals surface area (Å²) in [6.07, 6.45) is 7.95. The average molecular weight is 231 g/mol. The van der Waals surface area contributed by atoms with Gasteiger partial charge in [-0.25, -0.2) is 0 Å². The molecule has 0 radical (unpaired) electrons. The molecule has 1 aliphatic carbocycles. The van der Waals surface area contributed by atoms with Gasteiger partial charge in [-0.2, -0.15) is 0 Å². The van der Waals surface area contributed by atoms with Gasteiger partial charge < -0.3 is 5.73 Å². The smallest absolute Gasteiger partial charge is 0.0514 e. The molecule has 1 aromatic heterocycles. The Morgan fingerprint density at radius 1 is 1.47 bits per heavy atom. The van der Waals surface area contributed by atoms with Crippen LogP contribution in [0.25, 0.3) is 0 Å². The lowest BCUT2D eigenvalue weighted by molar-refractivity contribution is 0.132. The lowest BCUT2D eigenvalue weighted by Crippen LogP contribution is -2.43. The Labute approximate surface area is 103 Å². The van der Waals surface area contributed by atoms with Crippen LogP contribution in [-0.2, 0) is 0 Å². The SMILES string of the molecule is CC(N)C(c1cccnc1)N1CC2CCC1C2. The van der Waals surface area contributed by atoms with E-state index in [-0.39, 0.29) is 6.04 Å². The molecule has 3 heteroatoms. The Bertz CT molecular complexity index is 376. The third-order valence-electron chi connectivity index (χ3n) is 4.33. The molecular weight excluding hydrogens is 210 g/mol. The van der Waals surface area contributed by atoms with E-state index in [1.165, 1.54) is 31.4 Å². The predicted octanol–water partition coefficient (Wildman–Crippen LogP) is 1.95. The summed E-state index contributed by atoms with van der Waals surface area (Å²) in [5.74, 6) is 0.915. The highest BCUT2D eigenvalue weighted by Crippen LogP contribution is 2.42. The number of hydrogen-bond acceptors (Lipinski definition) is 3. The molecule has 0 amide bonds. The fourth-order valence-electron chi connectivity index (χ4n) is 3.65. The number of piperidine rings is 1. The first-order valence-electron chi connectivity index (χ1n) is 6.67. The minimum absolute atomic E-state index is 0.165. The van der Waals surface area contributed by atoms with Crippen LogP contribution in [0.1, 0.15) is 37.8 Å². The molecule has 92 valence electrons. The third-order valence-corrected chi connectivity index (χ3v) is 4.33. The maximum absolute atomic E-state index is 6.21. The van der Waals surface area contributed by atoms with E-state index >= 15 is 0 Å². The van der Waals surface area contributed by atoms with Crippen molar-refractivity contribution in [1.82, 2.24) is 9.88 Å². The molecule has 3 nitrogen and oxygen atoms in total. The van der Waals surface area contributed by atoms with Gasteiger partial charge in [0, 0.05) is 31.0 Å². The van der Waals surface area contributed by atoms with Gasteiger partial charge in [0.2, 0.25) is 0 Å². The molecule has 1 saturated carbocycles. The molecule has 1 aromatic rings. The predicted molar refractivity (Wildman–Crippen MR) is 68.5 cm³/mol. The maximum atomic E-state index is 6.21. The normalized spacial score (nSPS) is 31.6. The summed E-state index contributed by atoms with van der Waals surface area (Å²) in [4.78, 5) is 6.86. The van der Waals surface area contributed by atoms with Crippen LogP contribution in [0.15, 0.2) is 24.5 Å². The summed E-state index contributed by atoms with van der Waals surface area (Å²) in [6, 6.07) is 5.44. The van der Waals surface area contributed by atoms with Gasteiger partial charge in [0.15, 0.2) is 0 Å². The van der Waals surface area contributed by atoms with Gasteiger partial charge in [-0.05, 0) is 43.7 Å². The number of likely N-dealkylation sites (tertiary alicyclic amines) is 1. The number of pyridine rings is 1. The fourth-order valence-corrected chi connectivity index (χ4v) is 3.65. The Hall–Kier alpha value is -0.930. The van der Waals surface area contributed by atoms with Gasteiger partial charge in [0.1, 0.15) is 0 Å². The van der Waals surface area contributed by atoms with Gasteiger partial charge >= 0.3 is 0 Å². The molecule has 4 atom stereocenters. The average Bonchev–Trinajstić information content (AvgIpc) is 2.92. The summed E-state index contributed by atoms with van der Waals surface area (Å²) in [5, 5.41) is 0. The Morgan fingerprint density at radius 3 is 2.88 bits per heavy atom. The quantitative estimate of drug-likeness (QED) is 0.864. The molecule has 2 heterocycles. The molecule has 2 bridgehead atoms. The van der Waals surface area contributed by atoms with E-state index in [1.807, 2.05) is 18.5 Å². The van der Waals surface area contributed by atoms with Crippen molar-refractivity contribution in [1.29, 1.82) is 0 Å². The lowest BCUT2D eigenvalue weighted by atomic mass is 9.98. The first-order valence-corrected chi connectivity index (χ1v) is 6.67. The Kier molecular flexibility index (Phi) is 2.89. The van der Waals surface area contributed by atoms with Gasteiger partial charge in [-0.3, -0.25) is 9.88 Å². The van der Waals surface area contributed by atoms with Crippen LogP contribution < -0.4 is 5.73 Å². The number of nitrogens with two attached hydrogens (primary N) is 1. The number of rotatable bonds is 3. The summed E-state index contributed by atoms with van der Waals surface area (Å²) in [6.45, 7) is 3.34. The second-order valence-electron chi connectivity index (χ2n) is 5.62. The topological polar surface area (TPSA) is 42.1 Å². The number of fused-ring (bicyclic) bond motifs is 2. The van der Waals surface area contributed by atoms with E-state index in [9.17, 15) is 0 Å². The van der Waals surface area contributed by atoms with Crippen LogP contribution in [-0.4, -0.2) is 28.5 Å². The lowest BCUT2D eigenvalue weighted by Gasteiger charge is -2.37. The van der Waals surface area contributed by atoms with Crippen LogP contribution in [0.3, 0.4) is 0 Å². The van der Waals surface area contributed by atoms with E-state index in [0.717, 1.165) is 12.0 Å². The summed E-state index contributed by atoms with van der Waals surface area (Å²) in [7, 11) is 0. The van der Waals surface area contributed by atoms with Gasteiger partial charge in [0.25, 0.3) is 0 Å². The highest BCUT2D eigenvalue weighted by molar-refractivity contribution is 5.17. The molecular formula is C14H21N3. The van der Waals surface area contributed by atoms with Crippen LogP contribution in [0.5, 0.6) is 0 Å². The molecule has 3 rings (SSSR count).